The van der Waals surface area contributed by atoms with Crippen LogP contribution in [-0.2, 0) is 0 Å². The van der Waals surface area contributed by atoms with Gasteiger partial charge in [-0.05, 0) is 38.0 Å². The molecule has 1 aromatic carbocycles. The number of benzene rings is 1. The summed E-state index contributed by atoms with van der Waals surface area (Å²) in [5, 5.41) is 1.16. The first-order valence-electron chi connectivity index (χ1n) is 5.90. The minimum Gasteiger partial charge on any atom is -0.324 e. The number of nitrogens with zero attached hydrogens (tertiary/aromatic N) is 1. The normalized spacial score (nSPS) is 12.4. The summed E-state index contributed by atoms with van der Waals surface area (Å²) in [6.45, 7) is 4.18. The molecule has 2 rings (SSSR count). The van der Waals surface area contributed by atoms with Gasteiger partial charge < -0.3 is 5.73 Å². The first kappa shape index (κ1) is 11.8. The van der Waals surface area contributed by atoms with Crippen molar-refractivity contribution >= 4 is 10.9 Å². The number of fused-ring (bicyclic) bond motifs is 1. The SMILES string of the molecule is CC(C)=CCC(N)c1ccc2cccnc2c1. The molecule has 0 bridgehead atoms. The molecule has 0 aliphatic rings. The van der Waals surface area contributed by atoms with Crippen LogP contribution in [0.4, 0.5) is 0 Å². The molecule has 0 aliphatic heterocycles. The van der Waals surface area contributed by atoms with Crippen molar-refractivity contribution < 1.29 is 0 Å². The van der Waals surface area contributed by atoms with E-state index in [1.165, 1.54) is 5.57 Å². The highest BCUT2D eigenvalue weighted by molar-refractivity contribution is 5.78. The van der Waals surface area contributed by atoms with Crippen LogP contribution in [0.3, 0.4) is 0 Å². The quantitative estimate of drug-likeness (QED) is 0.812. The molecule has 2 nitrogen and oxygen atoms in total. The minimum atomic E-state index is 0.0521. The standard InChI is InChI=1S/C15H18N2/c1-11(2)5-8-14(16)13-7-6-12-4-3-9-17-15(12)10-13/h3-7,9-10,14H,8,16H2,1-2H3. The average Bonchev–Trinajstić information content (AvgIpc) is 2.35. The fourth-order valence-corrected chi connectivity index (χ4v) is 1.81. The fraction of sp³-hybridized carbons (Fsp3) is 0.267. The lowest BCUT2D eigenvalue weighted by molar-refractivity contribution is 0.738. The van der Waals surface area contributed by atoms with Crippen LogP contribution in [0, 0.1) is 0 Å². The van der Waals surface area contributed by atoms with Gasteiger partial charge in [0.15, 0.2) is 0 Å². The third-order valence-corrected chi connectivity index (χ3v) is 2.84. The Hall–Kier alpha value is -1.67. The highest BCUT2D eigenvalue weighted by Crippen LogP contribution is 2.20. The zero-order valence-corrected chi connectivity index (χ0v) is 10.4. The molecule has 0 spiro atoms. The van der Waals surface area contributed by atoms with Gasteiger partial charge in [0.2, 0.25) is 0 Å². The third kappa shape index (κ3) is 2.92. The van der Waals surface area contributed by atoms with Crippen molar-refractivity contribution in [1.29, 1.82) is 0 Å². The molecule has 1 atom stereocenters. The Labute approximate surface area is 102 Å². The number of aromatic nitrogens is 1. The van der Waals surface area contributed by atoms with E-state index in [9.17, 15) is 0 Å². The Balaban J connectivity index is 2.26. The predicted molar refractivity (Wildman–Crippen MR) is 72.7 cm³/mol. The van der Waals surface area contributed by atoms with E-state index in [0.29, 0.717) is 0 Å². The monoisotopic (exact) mass is 226 g/mol. The number of allylic oxidation sites excluding steroid dienone is 1. The second-order valence-corrected chi connectivity index (χ2v) is 4.58. The number of hydrogen-bond donors (Lipinski definition) is 1. The Morgan fingerprint density at radius 3 is 2.94 bits per heavy atom. The van der Waals surface area contributed by atoms with Gasteiger partial charge in [0.1, 0.15) is 0 Å². The van der Waals surface area contributed by atoms with Gasteiger partial charge >= 0.3 is 0 Å². The number of nitrogens with two attached hydrogens (primary N) is 1. The molecular formula is C15H18N2. The second kappa shape index (κ2) is 5.11. The molecular weight excluding hydrogens is 208 g/mol. The van der Waals surface area contributed by atoms with Gasteiger partial charge in [-0.25, -0.2) is 0 Å². The van der Waals surface area contributed by atoms with Gasteiger partial charge in [0.05, 0.1) is 5.52 Å². The lowest BCUT2D eigenvalue weighted by atomic mass is 10.0. The van der Waals surface area contributed by atoms with Crippen LogP contribution in [0.1, 0.15) is 31.9 Å². The molecule has 2 N–H and O–H groups in total. The van der Waals surface area contributed by atoms with Gasteiger partial charge in [-0.1, -0.05) is 29.8 Å². The summed E-state index contributed by atoms with van der Waals surface area (Å²) in [5.41, 5.74) is 9.63. The highest BCUT2D eigenvalue weighted by Gasteiger charge is 2.05. The summed E-state index contributed by atoms with van der Waals surface area (Å²) in [5.74, 6) is 0. The first-order valence-corrected chi connectivity index (χ1v) is 5.90. The molecule has 0 saturated heterocycles. The third-order valence-electron chi connectivity index (χ3n) is 2.84. The van der Waals surface area contributed by atoms with Crippen LogP contribution in [-0.4, -0.2) is 4.98 Å². The van der Waals surface area contributed by atoms with Crippen LogP contribution >= 0.6 is 0 Å². The van der Waals surface area contributed by atoms with Crippen molar-refractivity contribution in [1.82, 2.24) is 4.98 Å². The van der Waals surface area contributed by atoms with Gasteiger partial charge in [0.25, 0.3) is 0 Å². The second-order valence-electron chi connectivity index (χ2n) is 4.58. The topological polar surface area (TPSA) is 38.9 Å². The minimum absolute atomic E-state index is 0.0521. The van der Waals surface area contributed by atoms with Crippen molar-refractivity contribution in [2.24, 2.45) is 5.73 Å². The molecule has 1 heterocycles. The van der Waals surface area contributed by atoms with E-state index in [1.807, 2.05) is 12.3 Å². The zero-order chi connectivity index (χ0) is 12.3. The molecule has 0 saturated carbocycles. The zero-order valence-electron chi connectivity index (χ0n) is 10.4. The molecule has 0 amide bonds. The molecule has 88 valence electrons. The first-order chi connectivity index (χ1) is 8.16. The van der Waals surface area contributed by atoms with E-state index in [2.05, 4.69) is 49.2 Å². The van der Waals surface area contributed by atoms with Gasteiger partial charge in [-0.15, -0.1) is 0 Å². The van der Waals surface area contributed by atoms with E-state index in [4.69, 9.17) is 5.73 Å². The fourth-order valence-electron chi connectivity index (χ4n) is 1.81. The van der Waals surface area contributed by atoms with Crippen LogP contribution in [0.15, 0.2) is 48.2 Å². The van der Waals surface area contributed by atoms with Gasteiger partial charge in [0, 0.05) is 17.6 Å². The van der Waals surface area contributed by atoms with Crippen LogP contribution < -0.4 is 5.73 Å². The van der Waals surface area contributed by atoms with E-state index in [1.54, 1.807) is 0 Å². The van der Waals surface area contributed by atoms with Crippen LogP contribution in [0.25, 0.3) is 10.9 Å². The van der Waals surface area contributed by atoms with Crippen LogP contribution in [0.5, 0.6) is 0 Å². The van der Waals surface area contributed by atoms with Gasteiger partial charge in [-0.3, -0.25) is 4.98 Å². The summed E-state index contributed by atoms with van der Waals surface area (Å²) in [7, 11) is 0. The van der Waals surface area contributed by atoms with Crippen LogP contribution in [0.2, 0.25) is 0 Å². The highest BCUT2D eigenvalue weighted by atomic mass is 14.7. The summed E-state index contributed by atoms with van der Waals surface area (Å²) < 4.78 is 0. The Bertz CT molecular complexity index is 539. The molecule has 2 aromatic rings. The summed E-state index contributed by atoms with van der Waals surface area (Å²) in [4.78, 5) is 4.35. The average molecular weight is 226 g/mol. The van der Waals surface area contributed by atoms with Crippen molar-refractivity contribution in [3.63, 3.8) is 0 Å². The number of pyridine rings is 1. The van der Waals surface area contributed by atoms with Crippen molar-refractivity contribution in [2.75, 3.05) is 0 Å². The Kier molecular flexibility index (Phi) is 3.55. The van der Waals surface area contributed by atoms with E-state index < -0.39 is 0 Å². The molecule has 1 aromatic heterocycles. The van der Waals surface area contributed by atoms with Gasteiger partial charge in [-0.2, -0.15) is 0 Å². The largest absolute Gasteiger partial charge is 0.324 e. The smallest absolute Gasteiger partial charge is 0.0705 e. The Morgan fingerprint density at radius 1 is 1.35 bits per heavy atom. The summed E-state index contributed by atoms with van der Waals surface area (Å²) in [6, 6.07) is 10.3. The lowest BCUT2D eigenvalue weighted by Crippen LogP contribution is -2.09. The number of hydrogen-bond acceptors (Lipinski definition) is 2. The summed E-state index contributed by atoms with van der Waals surface area (Å²) in [6.07, 6.45) is 4.86. The maximum Gasteiger partial charge on any atom is 0.0705 e. The predicted octanol–water partition coefficient (Wildman–Crippen LogP) is 3.59. The lowest BCUT2D eigenvalue weighted by Gasteiger charge is -2.10. The van der Waals surface area contributed by atoms with Crippen molar-refractivity contribution in [2.45, 2.75) is 26.3 Å². The van der Waals surface area contributed by atoms with E-state index in [0.717, 1.165) is 22.9 Å². The molecule has 2 heteroatoms. The van der Waals surface area contributed by atoms with E-state index in [-0.39, 0.29) is 6.04 Å². The maximum atomic E-state index is 6.16. The van der Waals surface area contributed by atoms with E-state index >= 15 is 0 Å². The maximum absolute atomic E-state index is 6.16. The molecule has 0 fully saturated rings. The molecule has 17 heavy (non-hydrogen) atoms. The van der Waals surface area contributed by atoms with Crippen molar-refractivity contribution in [3.8, 4) is 0 Å². The summed E-state index contributed by atoms with van der Waals surface area (Å²) >= 11 is 0. The van der Waals surface area contributed by atoms with Crippen molar-refractivity contribution in [3.05, 3.63) is 53.7 Å². The molecule has 0 aliphatic carbocycles. The molecule has 0 radical (unpaired) electrons. The number of rotatable bonds is 3. The molecule has 1 unspecified atom stereocenters. The Morgan fingerprint density at radius 2 is 2.18 bits per heavy atom.